The fourth-order valence-corrected chi connectivity index (χ4v) is 5.00. The number of nitrogens with zero attached hydrogens (tertiary/aromatic N) is 3. The lowest BCUT2D eigenvalue weighted by Gasteiger charge is -2.21. The van der Waals surface area contributed by atoms with Gasteiger partial charge in [0.2, 0.25) is 5.95 Å². The first kappa shape index (κ1) is 24.4. The maximum Gasteiger partial charge on any atom is 0.405 e. The standard InChI is InChI=1S/C21H24F3N5O4S/c1-9-15(19-28-12-6-11(33-2)3-4-14(12)34-19)18(29-20(26-9)25-8-21(22,23)24)27-13-5-10(7-30)16(31)17(13)32/h3-4,6,10,13,16-17,30-32H,5,7-8H2,1-2H3,(H2,25,26,27,29)/t10-,13-,16-,17+/m1/s1. The minimum absolute atomic E-state index is 0.165. The lowest BCUT2D eigenvalue weighted by atomic mass is 10.1. The maximum absolute atomic E-state index is 12.7. The number of halogens is 3. The van der Waals surface area contributed by atoms with Crippen molar-refractivity contribution in [1.29, 1.82) is 0 Å². The highest BCUT2D eigenvalue weighted by Gasteiger charge is 2.41. The zero-order valence-electron chi connectivity index (χ0n) is 18.3. The monoisotopic (exact) mass is 499 g/mol. The van der Waals surface area contributed by atoms with Crippen LogP contribution in [0.1, 0.15) is 12.1 Å². The van der Waals surface area contributed by atoms with Gasteiger partial charge in [0, 0.05) is 18.6 Å². The van der Waals surface area contributed by atoms with Crippen LogP contribution in [0.4, 0.5) is 24.9 Å². The Morgan fingerprint density at radius 1 is 1.18 bits per heavy atom. The van der Waals surface area contributed by atoms with Gasteiger partial charge < -0.3 is 30.7 Å². The van der Waals surface area contributed by atoms with Crippen LogP contribution in [0, 0.1) is 12.8 Å². The number of thiazole rings is 1. The number of rotatable bonds is 7. The molecule has 0 unspecified atom stereocenters. The third-order valence-corrected chi connectivity index (χ3v) is 6.76. The number of aromatic nitrogens is 3. The molecule has 0 saturated heterocycles. The molecule has 1 saturated carbocycles. The van der Waals surface area contributed by atoms with Crippen LogP contribution >= 0.6 is 11.3 Å². The molecule has 0 amide bonds. The number of hydrogen-bond acceptors (Lipinski definition) is 10. The highest BCUT2D eigenvalue weighted by atomic mass is 32.1. The van der Waals surface area contributed by atoms with E-state index in [4.69, 9.17) is 4.74 Å². The van der Waals surface area contributed by atoms with Crippen molar-refractivity contribution in [2.75, 3.05) is 30.9 Å². The van der Waals surface area contributed by atoms with Crippen molar-refractivity contribution in [2.24, 2.45) is 5.92 Å². The number of aryl methyl sites for hydroxylation is 1. The summed E-state index contributed by atoms with van der Waals surface area (Å²) in [7, 11) is 1.54. The number of alkyl halides is 3. The Bertz CT molecular complexity index is 1180. The normalized spacial score (nSPS) is 22.8. The van der Waals surface area contributed by atoms with Crippen LogP contribution < -0.4 is 15.4 Å². The molecule has 1 aliphatic rings. The van der Waals surface area contributed by atoms with Crippen LogP contribution in [0.3, 0.4) is 0 Å². The lowest BCUT2D eigenvalue weighted by Crippen LogP contribution is -2.36. The molecule has 1 fully saturated rings. The van der Waals surface area contributed by atoms with Crippen LogP contribution in [0.25, 0.3) is 20.8 Å². The Kier molecular flexibility index (Phi) is 6.80. The summed E-state index contributed by atoms with van der Waals surface area (Å²) in [6, 6.07) is 4.72. The first-order chi connectivity index (χ1) is 16.1. The summed E-state index contributed by atoms with van der Waals surface area (Å²) >= 11 is 1.35. The molecule has 4 atom stereocenters. The molecule has 1 aliphatic carbocycles. The van der Waals surface area contributed by atoms with E-state index in [0.717, 1.165) is 4.70 Å². The maximum atomic E-state index is 12.7. The third-order valence-electron chi connectivity index (χ3n) is 5.70. The third kappa shape index (κ3) is 5.02. The van der Waals surface area contributed by atoms with Crippen LogP contribution in [-0.2, 0) is 0 Å². The molecular formula is C21H24F3N5O4S. The predicted molar refractivity (Wildman–Crippen MR) is 121 cm³/mol. The second-order valence-electron chi connectivity index (χ2n) is 8.09. The van der Waals surface area contributed by atoms with E-state index in [-0.39, 0.29) is 24.8 Å². The van der Waals surface area contributed by atoms with E-state index in [9.17, 15) is 28.5 Å². The summed E-state index contributed by atoms with van der Waals surface area (Å²) in [5.41, 5.74) is 1.51. The van der Waals surface area contributed by atoms with E-state index >= 15 is 0 Å². The van der Waals surface area contributed by atoms with Crippen LogP contribution in [0.5, 0.6) is 5.75 Å². The van der Waals surface area contributed by atoms with Crippen LogP contribution in [0.2, 0.25) is 0 Å². The number of benzene rings is 1. The van der Waals surface area contributed by atoms with E-state index in [1.165, 1.54) is 11.3 Å². The molecule has 0 spiro atoms. The summed E-state index contributed by atoms with van der Waals surface area (Å²) in [4.78, 5) is 13.1. The highest BCUT2D eigenvalue weighted by molar-refractivity contribution is 7.21. The van der Waals surface area contributed by atoms with Gasteiger partial charge in [0.25, 0.3) is 0 Å². The minimum Gasteiger partial charge on any atom is -0.497 e. The average molecular weight is 500 g/mol. The Morgan fingerprint density at radius 3 is 2.59 bits per heavy atom. The first-order valence-electron chi connectivity index (χ1n) is 10.5. The Labute approximate surface area is 196 Å². The van der Waals surface area contributed by atoms with Crippen LogP contribution in [-0.4, -0.2) is 75.0 Å². The van der Waals surface area contributed by atoms with Gasteiger partial charge in [-0.15, -0.1) is 11.3 Å². The molecule has 0 aliphatic heterocycles. The zero-order valence-corrected chi connectivity index (χ0v) is 19.1. The molecule has 0 bridgehead atoms. The van der Waals surface area contributed by atoms with E-state index in [2.05, 4.69) is 25.6 Å². The average Bonchev–Trinajstić information content (AvgIpc) is 3.32. The lowest BCUT2D eigenvalue weighted by molar-refractivity contribution is -0.115. The molecule has 2 heterocycles. The van der Waals surface area contributed by atoms with E-state index in [0.29, 0.717) is 27.5 Å². The summed E-state index contributed by atoms with van der Waals surface area (Å²) in [5, 5.41) is 35.8. The number of ether oxygens (including phenoxy) is 1. The molecular weight excluding hydrogens is 475 g/mol. The highest BCUT2D eigenvalue weighted by Crippen LogP contribution is 2.39. The zero-order chi connectivity index (χ0) is 24.6. The number of aliphatic hydroxyl groups excluding tert-OH is 3. The molecule has 34 heavy (non-hydrogen) atoms. The van der Waals surface area contributed by atoms with Crippen molar-refractivity contribution in [1.82, 2.24) is 15.0 Å². The molecule has 1 aromatic carbocycles. The van der Waals surface area contributed by atoms with Gasteiger partial charge in [-0.3, -0.25) is 0 Å². The van der Waals surface area contributed by atoms with Crippen molar-refractivity contribution < 1.29 is 33.2 Å². The largest absolute Gasteiger partial charge is 0.497 e. The number of aliphatic hydroxyl groups is 3. The fourth-order valence-electron chi connectivity index (χ4n) is 3.96. The number of nitrogens with one attached hydrogen (secondary N) is 2. The topological polar surface area (TPSA) is 133 Å². The molecule has 3 aromatic rings. The second kappa shape index (κ2) is 9.49. The van der Waals surface area contributed by atoms with E-state index in [1.807, 2.05) is 6.07 Å². The van der Waals surface area contributed by atoms with Crippen molar-refractivity contribution in [3.63, 3.8) is 0 Å². The van der Waals surface area contributed by atoms with Gasteiger partial charge in [-0.05, 0) is 25.5 Å². The van der Waals surface area contributed by atoms with E-state index in [1.54, 1.807) is 26.2 Å². The molecule has 2 aromatic heterocycles. The summed E-state index contributed by atoms with van der Waals surface area (Å²) < 4.78 is 44.3. The van der Waals surface area contributed by atoms with E-state index < -0.39 is 36.9 Å². The molecule has 5 N–H and O–H groups in total. The van der Waals surface area contributed by atoms with Crippen LogP contribution in [0.15, 0.2) is 18.2 Å². The van der Waals surface area contributed by atoms with Gasteiger partial charge >= 0.3 is 6.18 Å². The first-order valence-corrected chi connectivity index (χ1v) is 11.3. The van der Waals surface area contributed by atoms with Gasteiger partial charge in [0.1, 0.15) is 29.2 Å². The summed E-state index contributed by atoms with van der Waals surface area (Å²) in [6.07, 6.45) is -6.57. The second-order valence-corrected chi connectivity index (χ2v) is 9.12. The number of anilines is 2. The minimum atomic E-state index is -4.46. The molecule has 13 heteroatoms. The van der Waals surface area contributed by atoms with Crippen molar-refractivity contribution in [2.45, 2.75) is 37.8 Å². The van der Waals surface area contributed by atoms with Crippen molar-refractivity contribution >= 4 is 33.3 Å². The summed E-state index contributed by atoms with van der Waals surface area (Å²) in [5.74, 6) is 0.00531. The molecule has 184 valence electrons. The predicted octanol–water partition coefficient (Wildman–Crippen LogP) is 2.56. The molecule has 0 radical (unpaired) electrons. The summed E-state index contributed by atoms with van der Waals surface area (Å²) in [6.45, 7) is -0.00225. The van der Waals surface area contributed by atoms with Crippen molar-refractivity contribution in [3.8, 4) is 16.3 Å². The van der Waals surface area contributed by atoms with Gasteiger partial charge in [-0.2, -0.15) is 18.2 Å². The quantitative estimate of drug-likeness (QED) is 0.333. The molecule has 4 rings (SSSR count). The number of methoxy groups -OCH3 is 1. The Balaban J connectivity index is 1.75. The SMILES string of the molecule is COc1ccc2sc(-c3c(C)nc(NCC(F)(F)F)nc3N[C@@H]3C[C@H](CO)[C@@H](O)[C@H]3O)nc2c1. The van der Waals surface area contributed by atoms with Gasteiger partial charge in [0.05, 0.1) is 40.7 Å². The molecule has 9 nitrogen and oxygen atoms in total. The number of hydrogen-bond donors (Lipinski definition) is 5. The smallest absolute Gasteiger partial charge is 0.405 e. The van der Waals surface area contributed by atoms with Gasteiger partial charge in [0.15, 0.2) is 0 Å². The fraction of sp³-hybridized carbons (Fsp3) is 0.476. The number of fused-ring (bicyclic) bond motifs is 1. The Hall–Kier alpha value is -2.74. The van der Waals surface area contributed by atoms with Crippen molar-refractivity contribution in [3.05, 3.63) is 23.9 Å². The van der Waals surface area contributed by atoms with Gasteiger partial charge in [-0.1, -0.05) is 0 Å². The Morgan fingerprint density at radius 2 is 1.94 bits per heavy atom. The van der Waals surface area contributed by atoms with Gasteiger partial charge in [-0.25, -0.2) is 9.97 Å².